The minimum absolute atomic E-state index is 0.447. The van der Waals surface area contributed by atoms with Crippen molar-refractivity contribution in [1.82, 2.24) is 0 Å². The molecule has 0 bridgehead atoms. The van der Waals surface area contributed by atoms with Gasteiger partial charge in [0.1, 0.15) is 6.61 Å². The molecule has 0 rings (SSSR count). The molecule has 0 aromatic carbocycles. The van der Waals surface area contributed by atoms with Crippen molar-refractivity contribution >= 4 is 20.0 Å². The van der Waals surface area contributed by atoms with Crippen molar-refractivity contribution in [3.63, 3.8) is 0 Å². The summed E-state index contributed by atoms with van der Waals surface area (Å²) in [5, 5.41) is -1.04. The zero-order valence-corrected chi connectivity index (χ0v) is 7.98. The van der Waals surface area contributed by atoms with Crippen LogP contribution in [0.2, 0.25) is 0 Å². The van der Waals surface area contributed by atoms with Crippen LogP contribution in [0.4, 0.5) is 0 Å². The van der Waals surface area contributed by atoms with Gasteiger partial charge in [-0.05, 0) is 0 Å². The molecule has 0 unspecified atom stereocenters. The molecule has 0 N–H and O–H groups in total. The summed E-state index contributed by atoms with van der Waals surface area (Å²) >= 11 is 0. The highest BCUT2D eigenvalue weighted by molar-refractivity contribution is 8.05. The second-order valence-corrected chi connectivity index (χ2v) is 6.21. The molecule has 0 amide bonds. The van der Waals surface area contributed by atoms with Crippen LogP contribution in [0.3, 0.4) is 0 Å². The van der Waals surface area contributed by atoms with Crippen molar-refractivity contribution < 1.29 is 21.0 Å². The first kappa shape index (κ1) is 11.4. The molecule has 5 nitrogen and oxygen atoms in total. The van der Waals surface area contributed by atoms with Crippen molar-refractivity contribution in [1.29, 1.82) is 0 Å². The number of rotatable bonds is 4. The zero-order chi connectivity index (χ0) is 9.83. The summed E-state index contributed by atoms with van der Waals surface area (Å²) in [6.45, 7) is -0.447. The maximum Gasteiger partial charge on any atom is 0.282 e. The van der Waals surface area contributed by atoms with Gasteiger partial charge in [0.25, 0.3) is 10.1 Å². The van der Waals surface area contributed by atoms with Gasteiger partial charge in [-0.15, -0.1) is 6.42 Å². The van der Waals surface area contributed by atoms with Crippen LogP contribution in [-0.4, -0.2) is 34.8 Å². The summed E-state index contributed by atoms with van der Waals surface area (Å²) in [6.07, 6.45) is 5.51. The first-order valence-corrected chi connectivity index (χ1v) is 6.39. The number of hydrogen-bond donors (Lipinski definition) is 0. The number of terminal acetylenes is 1. The third-order valence-corrected chi connectivity index (χ3v) is 4.02. The Balaban J connectivity index is 4.39. The molecule has 0 aromatic heterocycles. The molecule has 0 saturated carbocycles. The van der Waals surface area contributed by atoms with E-state index in [0.29, 0.717) is 0 Å². The fourth-order valence-electron chi connectivity index (χ4n) is 0.420. The van der Waals surface area contributed by atoms with Crippen LogP contribution in [-0.2, 0) is 24.1 Å². The maximum absolute atomic E-state index is 10.7. The minimum atomic E-state index is -4.03. The van der Waals surface area contributed by atoms with Gasteiger partial charge in [0, 0.05) is 6.26 Å². The van der Waals surface area contributed by atoms with Crippen LogP contribution >= 0.6 is 0 Å². The number of sulfone groups is 1. The lowest BCUT2D eigenvalue weighted by Crippen LogP contribution is -2.17. The molecule has 7 heteroatoms. The van der Waals surface area contributed by atoms with E-state index in [0.717, 1.165) is 6.26 Å². The zero-order valence-electron chi connectivity index (χ0n) is 6.35. The normalized spacial score (nSPS) is 12.3. The van der Waals surface area contributed by atoms with Crippen LogP contribution in [0.5, 0.6) is 0 Å². The highest BCUT2D eigenvalue weighted by atomic mass is 32.3. The molecular weight excluding hydrogens is 204 g/mol. The van der Waals surface area contributed by atoms with E-state index in [2.05, 4.69) is 4.18 Å². The maximum atomic E-state index is 10.7. The Bertz CT molecular complexity index is 369. The average Bonchev–Trinajstić information content (AvgIpc) is 1.78. The Morgan fingerprint density at radius 1 is 1.33 bits per heavy atom. The summed E-state index contributed by atoms with van der Waals surface area (Å²) in [5.74, 6) is 1.91. The first-order valence-electron chi connectivity index (χ1n) is 2.75. The van der Waals surface area contributed by atoms with Crippen LogP contribution in [0, 0.1) is 12.3 Å². The van der Waals surface area contributed by atoms with E-state index in [1.165, 1.54) is 0 Å². The second kappa shape index (κ2) is 3.89. The molecule has 0 aliphatic rings. The number of hydrogen-bond acceptors (Lipinski definition) is 5. The molecule has 70 valence electrons. The predicted octanol–water partition coefficient (Wildman–Crippen LogP) is -1.03. The first-order chi connectivity index (χ1) is 5.27. The Hall–Kier alpha value is -0.580. The highest BCUT2D eigenvalue weighted by Gasteiger charge is 2.18. The van der Waals surface area contributed by atoms with Crippen molar-refractivity contribution in [2.24, 2.45) is 0 Å². The van der Waals surface area contributed by atoms with Gasteiger partial charge >= 0.3 is 0 Å². The van der Waals surface area contributed by atoms with E-state index in [1.54, 1.807) is 0 Å². The van der Waals surface area contributed by atoms with Gasteiger partial charge in [0.05, 0.1) is 0 Å². The highest BCUT2D eigenvalue weighted by Crippen LogP contribution is 1.97. The standard InChI is InChI=1S/C5H8O5S2/c1-3-4-10-12(8,9)5-11(2,6)7/h1H,4-5H2,2H3. The SMILES string of the molecule is C#CCOS(=O)(=O)CS(C)(=O)=O. The molecule has 0 fully saturated rings. The summed E-state index contributed by atoms with van der Waals surface area (Å²) in [5.41, 5.74) is 0. The average molecular weight is 212 g/mol. The van der Waals surface area contributed by atoms with E-state index in [1.807, 2.05) is 5.92 Å². The molecule has 0 heterocycles. The molecule has 0 aliphatic heterocycles. The van der Waals surface area contributed by atoms with Crippen LogP contribution in [0.1, 0.15) is 0 Å². The molecule has 0 radical (unpaired) electrons. The lowest BCUT2D eigenvalue weighted by Gasteiger charge is -1.99. The van der Waals surface area contributed by atoms with Gasteiger partial charge in [0.15, 0.2) is 14.9 Å². The van der Waals surface area contributed by atoms with Crippen molar-refractivity contribution in [3.05, 3.63) is 0 Å². The van der Waals surface area contributed by atoms with E-state index >= 15 is 0 Å². The monoisotopic (exact) mass is 212 g/mol. The Morgan fingerprint density at radius 2 is 1.83 bits per heavy atom. The molecule has 0 saturated heterocycles. The Labute approximate surface area is 71.8 Å². The third-order valence-electron chi connectivity index (χ3n) is 0.680. The van der Waals surface area contributed by atoms with Gasteiger partial charge in [-0.2, -0.15) is 8.42 Å². The smallest absolute Gasteiger partial charge is 0.256 e. The summed E-state index contributed by atoms with van der Waals surface area (Å²) in [7, 11) is -7.63. The summed E-state index contributed by atoms with van der Waals surface area (Å²) in [6, 6.07) is 0. The van der Waals surface area contributed by atoms with Gasteiger partial charge in [0.2, 0.25) is 0 Å². The largest absolute Gasteiger partial charge is 0.282 e. The fraction of sp³-hybridized carbons (Fsp3) is 0.600. The minimum Gasteiger partial charge on any atom is -0.256 e. The van der Waals surface area contributed by atoms with Crippen LogP contribution < -0.4 is 0 Å². The molecule has 0 aromatic rings. The van der Waals surface area contributed by atoms with Crippen LogP contribution in [0.25, 0.3) is 0 Å². The molecule has 0 aliphatic carbocycles. The Morgan fingerprint density at radius 3 is 2.17 bits per heavy atom. The van der Waals surface area contributed by atoms with Gasteiger partial charge in [-0.1, -0.05) is 5.92 Å². The van der Waals surface area contributed by atoms with E-state index in [-0.39, 0.29) is 0 Å². The van der Waals surface area contributed by atoms with E-state index in [9.17, 15) is 16.8 Å². The molecule has 0 atom stereocenters. The molecule has 12 heavy (non-hydrogen) atoms. The van der Waals surface area contributed by atoms with Gasteiger partial charge in [-0.3, -0.25) is 4.18 Å². The summed E-state index contributed by atoms with van der Waals surface area (Å²) in [4.78, 5) is 0. The summed E-state index contributed by atoms with van der Waals surface area (Å²) < 4.78 is 46.5. The Kier molecular flexibility index (Phi) is 3.70. The predicted molar refractivity (Wildman–Crippen MR) is 43.4 cm³/mol. The van der Waals surface area contributed by atoms with Crippen molar-refractivity contribution in [2.45, 2.75) is 0 Å². The second-order valence-electron chi connectivity index (χ2n) is 2.07. The lowest BCUT2D eigenvalue weighted by molar-refractivity contribution is 0.366. The van der Waals surface area contributed by atoms with E-state index in [4.69, 9.17) is 6.42 Å². The quantitative estimate of drug-likeness (QED) is 0.440. The molecule has 0 spiro atoms. The van der Waals surface area contributed by atoms with Gasteiger partial charge in [-0.25, -0.2) is 8.42 Å². The van der Waals surface area contributed by atoms with Crippen LogP contribution in [0.15, 0.2) is 0 Å². The molecular formula is C5H8O5S2. The topological polar surface area (TPSA) is 77.5 Å². The van der Waals surface area contributed by atoms with Gasteiger partial charge < -0.3 is 0 Å². The van der Waals surface area contributed by atoms with Crippen molar-refractivity contribution in [3.8, 4) is 12.3 Å². The van der Waals surface area contributed by atoms with Crippen molar-refractivity contribution in [2.75, 3.05) is 17.9 Å². The fourth-order valence-corrected chi connectivity index (χ4v) is 3.04. The lowest BCUT2D eigenvalue weighted by atomic mass is 10.8. The third kappa shape index (κ3) is 6.15. The van der Waals surface area contributed by atoms with E-state index < -0.39 is 31.6 Å².